The largest absolute Gasteiger partial charge is 0.507 e. The summed E-state index contributed by atoms with van der Waals surface area (Å²) in [5.41, 5.74) is 4.50. The molecule has 3 aromatic rings. The van der Waals surface area contributed by atoms with Gasteiger partial charge in [-0.3, -0.25) is 0 Å². The minimum Gasteiger partial charge on any atom is -0.507 e. The van der Waals surface area contributed by atoms with E-state index in [-0.39, 0.29) is 20.6 Å². The first-order chi connectivity index (χ1) is 15.6. The van der Waals surface area contributed by atoms with Crippen LogP contribution in [0.25, 0.3) is 0 Å². The molecular formula is C27H32O5S2. The maximum absolute atomic E-state index is 13.9. The van der Waals surface area contributed by atoms with Crippen LogP contribution in [0.1, 0.15) is 58.7 Å². The van der Waals surface area contributed by atoms with Gasteiger partial charge in [0.05, 0.1) is 14.7 Å². The van der Waals surface area contributed by atoms with Gasteiger partial charge in [-0.2, -0.15) is 0 Å². The number of aromatic hydroxyl groups is 1. The minimum atomic E-state index is -4.20. The van der Waals surface area contributed by atoms with Crippen molar-refractivity contribution in [1.82, 2.24) is 0 Å². The molecule has 1 N–H and O–H groups in total. The summed E-state index contributed by atoms with van der Waals surface area (Å²) in [6.07, 6.45) is 0. The van der Waals surface area contributed by atoms with Crippen molar-refractivity contribution in [3.63, 3.8) is 0 Å². The topological polar surface area (TPSA) is 88.5 Å². The lowest BCUT2D eigenvalue weighted by Crippen LogP contribution is -2.13. The van der Waals surface area contributed by atoms with Crippen LogP contribution in [0.5, 0.6) is 5.75 Å². The number of hydrogen-bond acceptors (Lipinski definition) is 5. The van der Waals surface area contributed by atoms with E-state index >= 15 is 0 Å². The number of benzene rings is 3. The van der Waals surface area contributed by atoms with Crippen LogP contribution in [-0.2, 0) is 19.7 Å². The molecule has 0 bridgehead atoms. The number of rotatable bonds is 5. The van der Waals surface area contributed by atoms with E-state index in [1.54, 1.807) is 52.0 Å². The normalized spacial score (nSPS) is 12.4. The number of phenolic OH excluding ortho intramolecular Hbond substituents is 1. The summed E-state index contributed by atoms with van der Waals surface area (Å²) >= 11 is 0. The Hall–Kier alpha value is -2.64. The summed E-state index contributed by atoms with van der Waals surface area (Å²) in [6.45, 7) is 14.3. The highest BCUT2D eigenvalue weighted by atomic mass is 32.2. The zero-order valence-electron chi connectivity index (χ0n) is 20.9. The van der Waals surface area contributed by atoms with Crippen molar-refractivity contribution in [2.75, 3.05) is 0 Å². The molecule has 0 saturated heterocycles. The first-order valence-corrected chi connectivity index (χ1v) is 14.1. The predicted octanol–water partition coefficient (Wildman–Crippen LogP) is 6.03. The summed E-state index contributed by atoms with van der Waals surface area (Å²) in [6, 6.07) is 9.53. The van der Waals surface area contributed by atoms with Crippen molar-refractivity contribution < 1.29 is 21.9 Å². The van der Waals surface area contributed by atoms with Crippen LogP contribution in [0.2, 0.25) is 0 Å². The Bertz CT molecular complexity index is 1470. The van der Waals surface area contributed by atoms with Gasteiger partial charge in [-0.15, -0.1) is 0 Å². The van der Waals surface area contributed by atoms with Crippen molar-refractivity contribution in [3.8, 4) is 5.75 Å². The van der Waals surface area contributed by atoms with Gasteiger partial charge in [0.2, 0.25) is 19.7 Å². The lowest BCUT2D eigenvalue weighted by atomic mass is 10.0. The second-order valence-corrected chi connectivity index (χ2v) is 13.2. The summed E-state index contributed by atoms with van der Waals surface area (Å²) in [5, 5.41) is 10.8. The molecule has 3 rings (SSSR count). The molecular weight excluding hydrogens is 468 g/mol. The van der Waals surface area contributed by atoms with Gasteiger partial charge in [0.15, 0.2) is 0 Å². The van der Waals surface area contributed by atoms with E-state index in [4.69, 9.17) is 0 Å². The zero-order valence-corrected chi connectivity index (χ0v) is 22.6. The molecule has 0 amide bonds. The molecule has 0 atom stereocenters. The average molecular weight is 501 g/mol. The van der Waals surface area contributed by atoms with Gasteiger partial charge >= 0.3 is 0 Å². The third-order valence-corrected chi connectivity index (χ3v) is 10.2. The van der Waals surface area contributed by atoms with Gasteiger partial charge < -0.3 is 5.11 Å². The molecule has 0 aliphatic rings. The quantitative estimate of drug-likeness (QED) is 0.462. The third kappa shape index (κ3) is 4.39. The van der Waals surface area contributed by atoms with E-state index in [9.17, 15) is 21.9 Å². The van der Waals surface area contributed by atoms with Crippen molar-refractivity contribution in [2.45, 2.75) is 80.9 Å². The molecule has 34 heavy (non-hydrogen) atoms. The molecule has 0 heterocycles. The van der Waals surface area contributed by atoms with E-state index in [1.165, 1.54) is 6.07 Å². The van der Waals surface area contributed by atoms with Crippen LogP contribution < -0.4 is 0 Å². The molecule has 7 heteroatoms. The van der Waals surface area contributed by atoms with Crippen LogP contribution in [0, 0.1) is 41.5 Å². The molecule has 5 nitrogen and oxygen atoms in total. The number of aryl methyl sites for hydroxylation is 6. The van der Waals surface area contributed by atoms with Crippen LogP contribution in [-0.4, -0.2) is 21.9 Å². The molecule has 0 radical (unpaired) electrons. The maximum atomic E-state index is 13.9. The summed E-state index contributed by atoms with van der Waals surface area (Å²) in [4.78, 5) is -0.266. The fourth-order valence-corrected chi connectivity index (χ4v) is 8.80. The second-order valence-electron chi connectivity index (χ2n) is 9.48. The highest BCUT2D eigenvalue weighted by Crippen LogP contribution is 2.40. The molecule has 0 fully saturated rings. The second kappa shape index (κ2) is 8.86. The fraction of sp³-hybridized carbons (Fsp3) is 0.333. The van der Waals surface area contributed by atoms with Crippen LogP contribution in [0.3, 0.4) is 0 Å². The zero-order chi connectivity index (χ0) is 25.7. The van der Waals surface area contributed by atoms with Crippen molar-refractivity contribution in [1.29, 1.82) is 0 Å². The standard InChI is InChI=1S/C27H32O5S2/c1-15(2)22-13-23(28)25(34(31,32)27-20(7)11-17(4)12-21(27)8)14-24(22)33(29,30)26-18(5)9-16(3)10-19(26)6/h9-15,28H,1-8H3. The molecule has 0 aliphatic carbocycles. The Morgan fingerprint density at radius 1 is 0.588 bits per heavy atom. The SMILES string of the molecule is Cc1cc(C)c(S(=O)(=O)c2cc(S(=O)(=O)c3c(C)cc(C)cc3C)c(C(C)C)cc2O)c(C)c1. The molecule has 182 valence electrons. The number of sulfone groups is 2. The highest BCUT2D eigenvalue weighted by molar-refractivity contribution is 7.92. The van der Waals surface area contributed by atoms with Gasteiger partial charge in [0.1, 0.15) is 10.6 Å². The molecule has 0 saturated carbocycles. The third-order valence-electron chi connectivity index (χ3n) is 6.04. The van der Waals surface area contributed by atoms with Gasteiger partial charge in [-0.05, 0) is 87.4 Å². The Morgan fingerprint density at radius 3 is 1.29 bits per heavy atom. The van der Waals surface area contributed by atoms with Crippen molar-refractivity contribution in [3.05, 3.63) is 75.3 Å². The van der Waals surface area contributed by atoms with Crippen LogP contribution >= 0.6 is 0 Å². The van der Waals surface area contributed by atoms with Crippen LogP contribution in [0.4, 0.5) is 0 Å². The highest BCUT2D eigenvalue weighted by Gasteiger charge is 2.32. The van der Waals surface area contributed by atoms with E-state index in [0.717, 1.165) is 17.2 Å². The van der Waals surface area contributed by atoms with E-state index in [2.05, 4.69) is 0 Å². The molecule has 0 unspecified atom stereocenters. The average Bonchev–Trinajstić information content (AvgIpc) is 2.64. The lowest BCUT2D eigenvalue weighted by molar-refractivity contribution is 0.456. The summed E-state index contributed by atoms with van der Waals surface area (Å²) in [5.74, 6) is -0.722. The van der Waals surface area contributed by atoms with Crippen molar-refractivity contribution in [2.24, 2.45) is 0 Å². The van der Waals surface area contributed by atoms with Gasteiger partial charge in [-0.25, -0.2) is 16.8 Å². The van der Waals surface area contributed by atoms with E-state index in [1.807, 2.05) is 27.7 Å². The predicted molar refractivity (Wildman–Crippen MR) is 134 cm³/mol. The molecule has 0 aliphatic heterocycles. The van der Waals surface area contributed by atoms with E-state index < -0.39 is 30.3 Å². The summed E-state index contributed by atoms with van der Waals surface area (Å²) in [7, 11) is -8.27. The van der Waals surface area contributed by atoms with Gasteiger partial charge in [0, 0.05) is 0 Å². The number of phenols is 1. The first kappa shape index (κ1) is 26.0. The first-order valence-electron chi connectivity index (χ1n) is 11.1. The molecule has 3 aromatic carbocycles. The van der Waals surface area contributed by atoms with Gasteiger partial charge in [0.25, 0.3) is 0 Å². The van der Waals surface area contributed by atoms with Crippen LogP contribution in [0.15, 0.2) is 56.0 Å². The maximum Gasteiger partial charge on any atom is 0.210 e. The Balaban J connectivity index is 2.41. The molecule has 0 spiro atoms. The van der Waals surface area contributed by atoms with E-state index in [0.29, 0.717) is 27.8 Å². The minimum absolute atomic E-state index is 0.0803. The van der Waals surface area contributed by atoms with Gasteiger partial charge in [-0.1, -0.05) is 49.2 Å². The number of hydrogen-bond donors (Lipinski definition) is 1. The molecule has 0 aromatic heterocycles. The Labute approximate surface area is 203 Å². The monoisotopic (exact) mass is 500 g/mol. The smallest absolute Gasteiger partial charge is 0.210 e. The Kier molecular flexibility index (Phi) is 6.77. The lowest BCUT2D eigenvalue weighted by Gasteiger charge is -2.20. The Morgan fingerprint density at radius 2 is 0.941 bits per heavy atom. The fourth-order valence-electron chi connectivity index (χ4n) is 4.87. The van der Waals surface area contributed by atoms with Crippen molar-refractivity contribution >= 4 is 19.7 Å². The summed E-state index contributed by atoms with van der Waals surface area (Å²) < 4.78 is 55.3.